The summed E-state index contributed by atoms with van der Waals surface area (Å²) in [6, 6.07) is 4.29. The molecule has 124 valence electrons. The average molecular weight is 306 g/mol. The van der Waals surface area contributed by atoms with Crippen molar-refractivity contribution in [2.45, 2.75) is 53.6 Å². The van der Waals surface area contributed by atoms with Gasteiger partial charge in [0.2, 0.25) is 5.88 Å². The van der Waals surface area contributed by atoms with Gasteiger partial charge in [-0.1, -0.05) is 26.8 Å². The summed E-state index contributed by atoms with van der Waals surface area (Å²) < 4.78 is 5.68. The molecule has 1 aromatic rings. The highest BCUT2D eigenvalue weighted by Gasteiger charge is 2.09. The van der Waals surface area contributed by atoms with Gasteiger partial charge in [0.1, 0.15) is 0 Å². The van der Waals surface area contributed by atoms with Crippen molar-refractivity contribution < 1.29 is 4.74 Å². The summed E-state index contributed by atoms with van der Waals surface area (Å²) >= 11 is 0. The number of ether oxygens (including phenoxy) is 1. The second kappa shape index (κ2) is 10.0. The van der Waals surface area contributed by atoms with Gasteiger partial charge < -0.3 is 15.4 Å². The van der Waals surface area contributed by atoms with Crippen LogP contribution in [0.1, 0.15) is 46.6 Å². The Balaban J connectivity index is 2.77. The lowest BCUT2D eigenvalue weighted by atomic mass is 10.1. The molecular weight excluding hydrogens is 276 g/mol. The predicted molar refractivity (Wildman–Crippen MR) is 92.3 cm³/mol. The van der Waals surface area contributed by atoms with Gasteiger partial charge in [-0.25, -0.2) is 9.98 Å². The van der Waals surface area contributed by atoms with Gasteiger partial charge in [-0.05, 0) is 32.3 Å². The SMILES string of the molecule is CCCOc1ncccc1CN=C(NCC)NC(C)C(C)C. The normalized spacial score (nSPS) is 13.1. The van der Waals surface area contributed by atoms with Gasteiger partial charge >= 0.3 is 0 Å². The van der Waals surface area contributed by atoms with Crippen LogP contribution in [0.3, 0.4) is 0 Å². The van der Waals surface area contributed by atoms with Crippen molar-refractivity contribution in [2.75, 3.05) is 13.2 Å². The first-order chi connectivity index (χ1) is 10.6. The molecule has 0 bridgehead atoms. The number of hydrogen-bond acceptors (Lipinski definition) is 3. The Morgan fingerprint density at radius 1 is 1.32 bits per heavy atom. The zero-order chi connectivity index (χ0) is 16.4. The molecule has 0 spiro atoms. The van der Waals surface area contributed by atoms with E-state index < -0.39 is 0 Å². The van der Waals surface area contributed by atoms with Crippen molar-refractivity contribution >= 4 is 5.96 Å². The molecule has 0 amide bonds. The minimum absolute atomic E-state index is 0.363. The minimum atomic E-state index is 0.363. The van der Waals surface area contributed by atoms with Gasteiger partial charge in [0, 0.05) is 24.3 Å². The van der Waals surface area contributed by atoms with Crippen LogP contribution in [0, 0.1) is 5.92 Å². The van der Waals surface area contributed by atoms with Crippen LogP contribution < -0.4 is 15.4 Å². The summed E-state index contributed by atoms with van der Waals surface area (Å²) in [4.78, 5) is 8.95. The molecule has 1 atom stereocenters. The lowest BCUT2D eigenvalue weighted by Crippen LogP contribution is -2.44. The van der Waals surface area contributed by atoms with Crippen LogP contribution in [0.25, 0.3) is 0 Å². The summed E-state index contributed by atoms with van der Waals surface area (Å²) in [5.74, 6) is 2.06. The molecule has 2 N–H and O–H groups in total. The second-order valence-corrected chi connectivity index (χ2v) is 5.69. The van der Waals surface area contributed by atoms with Gasteiger partial charge in [-0.2, -0.15) is 0 Å². The Morgan fingerprint density at radius 2 is 2.09 bits per heavy atom. The standard InChI is InChI=1S/C17H30N4O/c1-6-11-22-16-15(9-8-10-19-16)12-20-17(18-7-2)21-14(5)13(3)4/h8-10,13-14H,6-7,11-12H2,1-5H3,(H2,18,20,21). The summed E-state index contributed by atoms with van der Waals surface area (Å²) in [5, 5.41) is 6.71. The zero-order valence-corrected chi connectivity index (χ0v) is 14.5. The van der Waals surface area contributed by atoms with Gasteiger partial charge in [0.05, 0.1) is 13.2 Å². The monoisotopic (exact) mass is 306 g/mol. The molecule has 0 aliphatic rings. The van der Waals surface area contributed by atoms with Crippen LogP contribution in [-0.2, 0) is 6.54 Å². The van der Waals surface area contributed by atoms with E-state index in [1.807, 2.05) is 12.1 Å². The highest BCUT2D eigenvalue weighted by molar-refractivity contribution is 5.80. The Hall–Kier alpha value is -1.78. The molecule has 1 aromatic heterocycles. The Bertz CT molecular complexity index is 460. The third kappa shape index (κ3) is 6.33. The van der Waals surface area contributed by atoms with E-state index in [2.05, 4.69) is 55.2 Å². The first kappa shape index (κ1) is 18.3. The summed E-state index contributed by atoms with van der Waals surface area (Å²) in [7, 11) is 0. The van der Waals surface area contributed by atoms with E-state index in [0.29, 0.717) is 31.0 Å². The van der Waals surface area contributed by atoms with E-state index >= 15 is 0 Å². The number of nitrogens with zero attached hydrogens (tertiary/aromatic N) is 2. The molecule has 5 heteroatoms. The number of rotatable bonds is 8. The van der Waals surface area contributed by atoms with E-state index in [0.717, 1.165) is 24.5 Å². The number of hydrogen-bond donors (Lipinski definition) is 2. The molecule has 0 aliphatic heterocycles. The van der Waals surface area contributed by atoms with Crippen LogP contribution in [0.4, 0.5) is 0 Å². The molecule has 0 saturated carbocycles. The van der Waals surface area contributed by atoms with Crippen molar-refractivity contribution in [3.8, 4) is 5.88 Å². The number of aromatic nitrogens is 1. The van der Waals surface area contributed by atoms with E-state index in [1.165, 1.54) is 0 Å². The van der Waals surface area contributed by atoms with Crippen LogP contribution in [0.15, 0.2) is 23.3 Å². The van der Waals surface area contributed by atoms with Crippen molar-refractivity contribution in [3.05, 3.63) is 23.9 Å². The largest absolute Gasteiger partial charge is 0.477 e. The van der Waals surface area contributed by atoms with E-state index in [4.69, 9.17) is 4.74 Å². The van der Waals surface area contributed by atoms with Crippen LogP contribution in [-0.4, -0.2) is 30.1 Å². The van der Waals surface area contributed by atoms with Gasteiger partial charge in [-0.15, -0.1) is 0 Å². The molecule has 5 nitrogen and oxygen atoms in total. The highest BCUT2D eigenvalue weighted by Crippen LogP contribution is 2.15. The van der Waals surface area contributed by atoms with Crippen molar-refractivity contribution in [1.82, 2.24) is 15.6 Å². The van der Waals surface area contributed by atoms with Crippen molar-refractivity contribution in [3.63, 3.8) is 0 Å². The van der Waals surface area contributed by atoms with Crippen LogP contribution in [0.2, 0.25) is 0 Å². The molecule has 1 heterocycles. The Kier molecular flexibility index (Phi) is 8.33. The molecule has 0 saturated heterocycles. The molecule has 1 unspecified atom stereocenters. The Morgan fingerprint density at radius 3 is 2.73 bits per heavy atom. The fourth-order valence-corrected chi connectivity index (χ4v) is 1.74. The van der Waals surface area contributed by atoms with E-state index in [9.17, 15) is 0 Å². The first-order valence-corrected chi connectivity index (χ1v) is 8.20. The quantitative estimate of drug-likeness (QED) is 0.572. The summed E-state index contributed by atoms with van der Waals surface area (Å²) in [5.41, 5.74) is 1.00. The molecule has 0 aromatic carbocycles. The van der Waals surface area contributed by atoms with Gasteiger partial charge in [0.15, 0.2) is 5.96 Å². The third-order valence-electron chi connectivity index (χ3n) is 3.41. The average Bonchev–Trinajstić information content (AvgIpc) is 2.51. The van der Waals surface area contributed by atoms with Crippen LogP contribution in [0.5, 0.6) is 5.88 Å². The lowest BCUT2D eigenvalue weighted by Gasteiger charge is -2.20. The molecule has 0 fully saturated rings. The van der Waals surface area contributed by atoms with Gasteiger partial charge in [0.25, 0.3) is 0 Å². The van der Waals surface area contributed by atoms with Crippen LogP contribution >= 0.6 is 0 Å². The van der Waals surface area contributed by atoms with E-state index in [-0.39, 0.29) is 0 Å². The second-order valence-electron chi connectivity index (χ2n) is 5.69. The number of aliphatic imine (C=N–C) groups is 1. The third-order valence-corrected chi connectivity index (χ3v) is 3.41. The topological polar surface area (TPSA) is 58.5 Å². The van der Waals surface area contributed by atoms with Crippen molar-refractivity contribution in [2.24, 2.45) is 10.9 Å². The summed E-state index contributed by atoms with van der Waals surface area (Å²) in [6.07, 6.45) is 2.72. The van der Waals surface area contributed by atoms with Crippen molar-refractivity contribution in [1.29, 1.82) is 0 Å². The maximum atomic E-state index is 5.68. The summed E-state index contributed by atoms with van der Waals surface area (Å²) in [6.45, 7) is 12.8. The fraction of sp³-hybridized carbons (Fsp3) is 0.647. The fourth-order valence-electron chi connectivity index (χ4n) is 1.74. The molecule has 1 rings (SSSR count). The predicted octanol–water partition coefficient (Wildman–Crippen LogP) is 2.97. The number of guanidine groups is 1. The maximum Gasteiger partial charge on any atom is 0.218 e. The first-order valence-electron chi connectivity index (χ1n) is 8.20. The smallest absolute Gasteiger partial charge is 0.218 e. The maximum absolute atomic E-state index is 5.68. The number of pyridine rings is 1. The highest BCUT2D eigenvalue weighted by atomic mass is 16.5. The van der Waals surface area contributed by atoms with Gasteiger partial charge in [-0.3, -0.25) is 0 Å². The minimum Gasteiger partial charge on any atom is -0.477 e. The zero-order valence-electron chi connectivity index (χ0n) is 14.5. The number of nitrogens with one attached hydrogen (secondary N) is 2. The lowest BCUT2D eigenvalue weighted by molar-refractivity contribution is 0.302. The molecule has 0 aliphatic carbocycles. The molecule has 0 radical (unpaired) electrons. The molecular formula is C17H30N4O. The molecule has 22 heavy (non-hydrogen) atoms. The van der Waals surface area contributed by atoms with E-state index in [1.54, 1.807) is 6.20 Å². The Labute approximate surface area is 134 Å².